The number of halogens is 3. The van der Waals surface area contributed by atoms with Crippen LogP contribution < -0.4 is 0 Å². The highest BCUT2D eigenvalue weighted by atomic mass is 19.4. The lowest BCUT2D eigenvalue weighted by Crippen LogP contribution is -2.20. The summed E-state index contributed by atoms with van der Waals surface area (Å²) in [5.41, 5.74) is 0.187. The van der Waals surface area contributed by atoms with E-state index < -0.39 is 18.8 Å². The van der Waals surface area contributed by atoms with E-state index in [4.69, 9.17) is 0 Å². The zero-order valence-electron chi connectivity index (χ0n) is 8.32. The Morgan fingerprint density at radius 3 is 2.35 bits per heavy atom. The molecule has 0 saturated heterocycles. The summed E-state index contributed by atoms with van der Waals surface area (Å²) in [6, 6.07) is 4.98. The fraction of sp³-hybridized carbons (Fsp3) is 0.200. The largest absolute Gasteiger partial charge is 0.452 e. The molecule has 1 aromatic carbocycles. The number of hydrogen-bond donors (Lipinski definition) is 0. The van der Waals surface area contributed by atoms with Gasteiger partial charge < -0.3 is 4.74 Å². The van der Waals surface area contributed by atoms with Gasteiger partial charge in [-0.1, -0.05) is 0 Å². The summed E-state index contributed by atoms with van der Waals surface area (Å²) in [5, 5.41) is 0. The molecule has 0 aliphatic rings. The van der Waals surface area contributed by atoms with Crippen LogP contribution in [0.3, 0.4) is 0 Å². The van der Waals surface area contributed by atoms with E-state index in [1.54, 1.807) is 0 Å². The van der Waals surface area contributed by atoms with E-state index in [-0.39, 0.29) is 11.3 Å². The topological polar surface area (TPSA) is 55.7 Å². The van der Waals surface area contributed by atoms with Gasteiger partial charge in [-0.3, -0.25) is 0 Å². The van der Waals surface area contributed by atoms with Gasteiger partial charge in [0, 0.05) is 0 Å². The number of hydrogen-bond acceptors (Lipinski definition) is 4. The van der Waals surface area contributed by atoms with Crippen molar-refractivity contribution in [3.8, 4) is 0 Å². The van der Waals surface area contributed by atoms with E-state index in [0.29, 0.717) is 0 Å². The molecule has 0 heterocycles. The molecule has 0 saturated carbocycles. The Hall–Kier alpha value is -2.14. The normalized spacial score (nSPS) is 10.5. The van der Waals surface area contributed by atoms with Crippen LogP contribution in [0.15, 0.2) is 29.3 Å². The summed E-state index contributed by atoms with van der Waals surface area (Å²) in [5.74, 6) is -1.09. The lowest BCUT2D eigenvalue weighted by molar-refractivity contribution is -0.161. The molecule has 1 rings (SSSR count). The number of esters is 1. The third-order valence-electron chi connectivity index (χ3n) is 1.64. The van der Waals surface area contributed by atoms with E-state index in [1.807, 2.05) is 0 Å². The van der Waals surface area contributed by atoms with Crippen LogP contribution in [0.2, 0.25) is 0 Å². The third kappa shape index (κ3) is 4.48. The Kier molecular flexibility index (Phi) is 4.01. The number of alkyl halides is 3. The van der Waals surface area contributed by atoms with Crippen LogP contribution in [0.5, 0.6) is 0 Å². The second-order valence-corrected chi connectivity index (χ2v) is 2.94. The monoisotopic (exact) mass is 245 g/mol. The van der Waals surface area contributed by atoms with Gasteiger partial charge >= 0.3 is 12.1 Å². The smallest absolute Gasteiger partial charge is 0.422 e. The van der Waals surface area contributed by atoms with Gasteiger partial charge in [0.05, 0.1) is 11.3 Å². The first-order valence-corrected chi connectivity index (χ1v) is 4.34. The Bertz CT molecular complexity index is 447. The summed E-state index contributed by atoms with van der Waals surface area (Å²) < 4.78 is 39.3. The fourth-order valence-electron chi connectivity index (χ4n) is 0.955. The van der Waals surface area contributed by atoms with E-state index in [9.17, 15) is 22.8 Å². The first kappa shape index (κ1) is 12.9. The molecular formula is C10H6F3NO3. The second-order valence-electron chi connectivity index (χ2n) is 2.94. The van der Waals surface area contributed by atoms with Crippen molar-refractivity contribution < 1.29 is 27.5 Å². The van der Waals surface area contributed by atoms with Crippen molar-refractivity contribution in [2.75, 3.05) is 6.61 Å². The van der Waals surface area contributed by atoms with Crippen molar-refractivity contribution in [2.24, 2.45) is 4.99 Å². The summed E-state index contributed by atoms with van der Waals surface area (Å²) in [7, 11) is 0. The van der Waals surface area contributed by atoms with Gasteiger partial charge in [0.15, 0.2) is 6.61 Å². The van der Waals surface area contributed by atoms with E-state index in [1.165, 1.54) is 30.3 Å². The lowest BCUT2D eigenvalue weighted by atomic mass is 10.2. The van der Waals surface area contributed by atoms with E-state index in [2.05, 4.69) is 9.73 Å². The van der Waals surface area contributed by atoms with Crippen LogP contribution in [0.25, 0.3) is 0 Å². The molecule has 1 aromatic rings. The quantitative estimate of drug-likeness (QED) is 0.466. The maximum Gasteiger partial charge on any atom is 0.422 e. The van der Waals surface area contributed by atoms with Gasteiger partial charge in [-0.25, -0.2) is 9.59 Å². The molecule has 90 valence electrons. The first-order chi connectivity index (χ1) is 7.92. The highest BCUT2D eigenvalue weighted by molar-refractivity contribution is 5.89. The molecule has 17 heavy (non-hydrogen) atoms. The van der Waals surface area contributed by atoms with Crippen molar-refractivity contribution in [2.45, 2.75) is 6.18 Å². The molecule has 0 unspecified atom stereocenters. The van der Waals surface area contributed by atoms with Crippen LogP contribution >= 0.6 is 0 Å². The van der Waals surface area contributed by atoms with Crippen molar-refractivity contribution in [3.63, 3.8) is 0 Å². The van der Waals surface area contributed by atoms with Crippen molar-refractivity contribution in [1.82, 2.24) is 0 Å². The minimum Gasteiger partial charge on any atom is -0.452 e. The van der Waals surface area contributed by atoms with Crippen molar-refractivity contribution in [1.29, 1.82) is 0 Å². The average molecular weight is 245 g/mol. The third-order valence-corrected chi connectivity index (χ3v) is 1.64. The van der Waals surface area contributed by atoms with Gasteiger partial charge in [0.2, 0.25) is 6.08 Å². The number of aliphatic imine (C=N–C) groups is 1. The first-order valence-electron chi connectivity index (χ1n) is 4.34. The Balaban J connectivity index is 2.67. The molecule has 0 bridgehead atoms. The summed E-state index contributed by atoms with van der Waals surface area (Å²) in [4.78, 5) is 24.3. The summed E-state index contributed by atoms with van der Waals surface area (Å²) in [6.07, 6.45) is -3.27. The highest BCUT2D eigenvalue weighted by Crippen LogP contribution is 2.17. The number of carbonyl (C=O) groups excluding carboxylic acids is 2. The van der Waals surface area contributed by atoms with Gasteiger partial charge in [0.1, 0.15) is 0 Å². The molecule has 0 atom stereocenters. The number of benzene rings is 1. The maximum atomic E-state index is 11.8. The van der Waals surface area contributed by atoms with Crippen molar-refractivity contribution in [3.05, 3.63) is 29.8 Å². The van der Waals surface area contributed by atoms with Gasteiger partial charge in [-0.2, -0.15) is 18.2 Å². The molecule has 0 amide bonds. The molecule has 0 aliphatic carbocycles. The Morgan fingerprint density at radius 2 is 1.88 bits per heavy atom. The number of ether oxygens (including phenoxy) is 1. The average Bonchev–Trinajstić information content (AvgIpc) is 2.26. The molecular weight excluding hydrogens is 239 g/mol. The van der Waals surface area contributed by atoms with Crippen molar-refractivity contribution >= 4 is 17.7 Å². The molecule has 0 spiro atoms. The summed E-state index contributed by atoms with van der Waals surface area (Å²) in [6.45, 7) is -1.64. The number of isocyanates is 1. The number of rotatable bonds is 3. The number of carbonyl (C=O) groups is 1. The zero-order chi connectivity index (χ0) is 12.9. The highest BCUT2D eigenvalue weighted by Gasteiger charge is 2.29. The van der Waals surface area contributed by atoms with Crippen LogP contribution in [0.1, 0.15) is 10.4 Å². The molecule has 0 aliphatic heterocycles. The standard InChI is InChI=1S/C10H6F3NO3/c11-10(12,13)5-17-9(16)7-1-3-8(4-2-7)14-6-15/h1-4H,5H2. The van der Waals surface area contributed by atoms with E-state index in [0.717, 1.165) is 0 Å². The van der Waals surface area contributed by atoms with Gasteiger partial charge in [-0.05, 0) is 24.3 Å². The molecule has 0 aromatic heterocycles. The van der Waals surface area contributed by atoms with Gasteiger partial charge in [0.25, 0.3) is 0 Å². The fourth-order valence-corrected chi connectivity index (χ4v) is 0.955. The number of nitrogens with zero attached hydrogens (tertiary/aromatic N) is 1. The lowest BCUT2D eigenvalue weighted by Gasteiger charge is -2.07. The molecule has 4 nitrogen and oxygen atoms in total. The Labute approximate surface area is 93.7 Å². The zero-order valence-corrected chi connectivity index (χ0v) is 8.32. The summed E-state index contributed by atoms with van der Waals surface area (Å²) >= 11 is 0. The molecule has 0 N–H and O–H groups in total. The van der Waals surface area contributed by atoms with Crippen LogP contribution in [-0.4, -0.2) is 24.8 Å². The molecule has 0 radical (unpaired) electrons. The SMILES string of the molecule is O=C=Nc1ccc(C(=O)OCC(F)(F)F)cc1. The van der Waals surface area contributed by atoms with Crippen LogP contribution in [0.4, 0.5) is 18.9 Å². The van der Waals surface area contributed by atoms with Crippen LogP contribution in [0, 0.1) is 0 Å². The minimum atomic E-state index is -4.56. The molecule has 7 heteroatoms. The second kappa shape index (κ2) is 5.27. The predicted octanol–water partition coefficient (Wildman–Crippen LogP) is 2.37. The van der Waals surface area contributed by atoms with Crippen LogP contribution in [-0.2, 0) is 9.53 Å². The maximum absolute atomic E-state index is 11.8. The van der Waals surface area contributed by atoms with Gasteiger partial charge in [-0.15, -0.1) is 0 Å². The Morgan fingerprint density at radius 1 is 1.29 bits per heavy atom. The predicted molar refractivity (Wildman–Crippen MR) is 50.6 cm³/mol. The van der Waals surface area contributed by atoms with E-state index >= 15 is 0 Å². The minimum absolute atomic E-state index is 0.0564. The molecule has 0 fully saturated rings.